The van der Waals surface area contributed by atoms with Gasteiger partial charge in [0.1, 0.15) is 0 Å². The maximum atomic E-state index is 4.27. The van der Waals surface area contributed by atoms with E-state index in [4.69, 9.17) is 0 Å². The first kappa shape index (κ1) is 13.9. The molecule has 1 atom stereocenters. The molecule has 1 unspecified atom stereocenters. The summed E-state index contributed by atoms with van der Waals surface area (Å²) >= 11 is 0. The van der Waals surface area contributed by atoms with Crippen LogP contribution in [0.5, 0.6) is 0 Å². The lowest BCUT2D eigenvalue weighted by molar-refractivity contribution is 0.559. The number of hydrogen-bond acceptors (Lipinski definition) is 3. The molecule has 4 heteroatoms. The van der Waals surface area contributed by atoms with Crippen LogP contribution in [0.15, 0.2) is 66.9 Å². The molecule has 114 valence electrons. The molecular weight excluding hydrogens is 284 g/mol. The van der Waals surface area contributed by atoms with Gasteiger partial charge in [-0.2, -0.15) is 0 Å². The van der Waals surface area contributed by atoms with Crippen molar-refractivity contribution in [2.45, 2.75) is 19.5 Å². The van der Waals surface area contributed by atoms with E-state index in [9.17, 15) is 0 Å². The topological polar surface area (TPSA) is 42.2 Å². The van der Waals surface area contributed by atoms with E-state index in [1.165, 1.54) is 16.3 Å². The van der Waals surface area contributed by atoms with E-state index in [1.54, 1.807) is 0 Å². The highest BCUT2D eigenvalue weighted by Crippen LogP contribution is 2.24. The van der Waals surface area contributed by atoms with Crippen molar-refractivity contribution in [3.8, 4) is 0 Å². The smallest absolute Gasteiger partial charge is 0.160 e. The lowest BCUT2D eigenvalue weighted by Crippen LogP contribution is -2.19. The average molecular weight is 302 g/mol. The van der Waals surface area contributed by atoms with Gasteiger partial charge in [-0.15, -0.1) is 10.2 Å². The Balaban J connectivity index is 1.59. The number of aromatic nitrogens is 3. The lowest BCUT2D eigenvalue weighted by atomic mass is 10.00. The second-order valence-electron chi connectivity index (χ2n) is 5.72. The van der Waals surface area contributed by atoms with Gasteiger partial charge in [-0.25, -0.2) is 0 Å². The van der Waals surface area contributed by atoms with Gasteiger partial charge in [-0.05, 0) is 35.4 Å². The summed E-state index contributed by atoms with van der Waals surface area (Å²) in [6.07, 6.45) is 1.99. The minimum absolute atomic E-state index is 0.233. The number of nitrogens with one attached hydrogen (secondary N) is 1. The molecule has 23 heavy (non-hydrogen) atoms. The molecule has 0 fully saturated rings. The molecule has 1 N–H and O–H groups in total. The van der Waals surface area contributed by atoms with Crippen molar-refractivity contribution in [1.82, 2.24) is 19.9 Å². The van der Waals surface area contributed by atoms with Gasteiger partial charge in [-0.3, -0.25) is 4.40 Å². The molecule has 0 amide bonds. The SMILES string of the molecule is CC(NCc1nnc2ccccn12)c1cccc2ccccc12. The molecule has 4 aromatic rings. The fourth-order valence-corrected chi connectivity index (χ4v) is 2.99. The van der Waals surface area contributed by atoms with Crippen LogP contribution in [0.1, 0.15) is 24.4 Å². The van der Waals surface area contributed by atoms with Gasteiger partial charge in [0.2, 0.25) is 0 Å². The average Bonchev–Trinajstić information content (AvgIpc) is 3.02. The van der Waals surface area contributed by atoms with Gasteiger partial charge in [0, 0.05) is 12.2 Å². The summed E-state index contributed by atoms with van der Waals surface area (Å²) in [5.74, 6) is 0.924. The molecule has 0 saturated heterocycles. The Bertz CT molecular complexity index is 952. The number of nitrogens with zero attached hydrogens (tertiary/aromatic N) is 3. The molecule has 0 radical (unpaired) electrons. The zero-order chi connectivity index (χ0) is 15.6. The van der Waals surface area contributed by atoms with Crippen LogP contribution in [0.3, 0.4) is 0 Å². The van der Waals surface area contributed by atoms with Crippen molar-refractivity contribution >= 4 is 16.4 Å². The van der Waals surface area contributed by atoms with E-state index < -0.39 is 0 Å². The van der Waals surface area contributed by atoms with E-state index in [1.807, 2.05) is 28.8 Å². The van der Waals surface area contributed by atoms with Gasteiger partial charge < -0.3 is 5.32 Å². The molecule has 2 aromatic heterocycles. The van der Waals surface area contributed by atoms with Gasteiger partial charge in [0.05, 0.1) is 6.54 Å². The maximum Gasteiger partial charge on any atom is 0.160 e. The third-order valence-electron chi connectivity index (χ3n) is 4.24. The number of fused-ring (bicyclic) bond motifs is 2. The summed E-state index contributed by atoms with van der Waals surface area (Å²) in [4.78, 5) is 0. The Hall–Kier alpha value is -2.72. The van der Waals surface area contributed by atoms with Crippen LogP contribution >= 0.6 is 0 Å². The minimum atomic E-state index is 0.233. The highest BCUT2D eigenvalue weighted by molar-refractivity contribution is 5.86. The van der Waals surface area contributed by atoms with Crippen LogP contribution in [0.2, 0.25) is 0 Å². The predicted molar refractivity (Wildman–Crippen MR) is 92.2 cm³/mol. The van der Waals surface area contributed by atoms with Gasteiger partial charge >= 0.3 is 0 Å². The normalized spacial score (nSPS) is 12.7. The molecule has 2 heterocycles. The number of hydrogen-bond donors (Lipinski definition) is 1. The summed E-state index contributed by atoms with van der Waals surface area (Å²) in [6, 6.07) is 21.1. The maximum absolute atomic E-state index is 4.27. The van der Waals surface area contributed by atoms with Crippen LogP contribution in [0.4, 0.5) is 0 Å². The first-order valence-corrected chi connectivity index (χ1v) is 7.82. The molecule has 0 bridgehead atoms. The molecule has 2 aromatic carbocycles. The summed E-state index contributed by atoms with van der Waals surface area (Å²) < 4.78 is 2.02. The predicted octanol–water partition coefficient (Wildman–Crippen LogP) is 3.73. The summed E-state index contributed by atoms with van der Waals surface area (Å²) in [6.45, 7) is 2.86. The number of rotatable bonds is 4. The van der Waals surface area contributed by atoms with Crippen molar-refractivity contribution < 1.29 is 0 Å². The molecule has 0 spiro atoms. The van der Waals surface area contributed by atoms with E-state index in [0.29, 0.717) is 6.54 Å². The molecule has 0 aliphatic heterocycles. The highest BCUT2D eigenvalue weighted by Gasteiger charge is 2.10. The Morgan fingerprint density at radius 3 is 2.74 bits per heavy atom. The standard InChI is InChI=1S/C19H18N4/c1-14(16-10-6-8-15-7-2-3-9-17(15)16)20-13-19-22-21-18-11-4-5-12-23(18)19/h2-12,14,20H,13H2,1H3. The van der Waals surface area contributed by atoms with E-state index in [0.717, 1.165) is 11.5 Å². The minimum Gasteiger partial charge on any atom is -0.303 e. The quantitative estimate of drug-likeness (QED) is 0.624. The van der Waals surface area contributed by atoms with Crippen LogP contribution in [0.25, 0.3) is 16.4 Å². The first-order chi connectivity index (χ1) is 11.3. The van der Waals surface area contributed by atoms with Gasteiger partial charge in [0.25, 0.3) is 0 Å². The van der Waals surface area contributed by atoms with Gasteiger partial charge in [-0.1, -0.05) is 48.5 Å². The van der Waals surface area contributed by atoms with Crippen molar-refractivity contribution in [2.75, 3.05) is 0 Å². The largest absolute Gasteiger partial charge is 0.303 e. The molecule has 0 aliphatic carbocycles. The van der Waals surface area contributed by atoms with Crippen molar-refractivity contribution in [2.24, 2.45) is 0 Å². The summed E-state index contributed by atoms with van der Waals surface area (Å²) in [5.41, 5.74) is 2.18. The Kier molecular flexibility index (Phi) is 3.52. The Morgan fingerprint density at radius 2 is 1.78 bits per heavy atom. The van der Waals surface area contributed by atoms with Crippen LogP contribution in [-0.2, 0) is 6.54 Å². The Labute approximate surface area is 134 Å². The lowest BCUT2D eigenvalue weighted by Gasteiger charge is -2.16. The van der Waals surface area contributed by atoms with Crippen LogP contribution in [-0.4, -0.2) is 14.6 Å². The summed E-state index contributed by atoms with van der Waals surface area (Å²) in [7, 11) is 0. The van der Waals surface area contributed by atoms with Crippen molar-refractivity contribution in [3.05, 3.63) is 78.2 Å². The van der Waals surface area contributed by atoms with Crippen LogP contribution < -0.4 is 5.32 Å². The number of pyridine rings is 1. The van der Waals surface area contributed by atoms with E-state index >= 15 is 0 Å². The molecule has 0 aliphatic rings. The van der Waals surface area contributed by atoms with Crippen LogP contribution in [0, 0.1) is 0 Å². The van der Waals surface area contributed by atoms with Crippen molar-refractivity contribution in [3.63, 3.8) is 0 Å². The zero-order valence-electron chi connectivity index (χ0n) is 13.0. The number of benzene rings is 2. The fourth-order valence-electron chi connectivity index (χ4n) is 2.99. The second kappa shape index (κ2) is 5.82. The third-order valence-corrected chi connectivity index (χ3v) is 4.24. The zero-order valence-corrected chi connectivity index (χ0v) is 13.0. The molecule has 0 saturated carbocycles. The summed E-state index contributed by atoms with van der Waals surface area (Å²) in [5, 5.41) is 14.6. The Morgan fingerprint density at radius 1 is 0.957 bits per heavy atom. The first-order valence-electron chi connectivity index (χ1n) is 7.82. The highest BCUT2D eigenvalue weighted by atomic mass is 15.3. The molecule has 4 nitrogen and oxygen atoms in total. The molecule has 4 rings (SSSR count). The second-order valence-corrected chi connectivity index (χ2v) is 5.72. The van der Waals surface area contributed by atoms with Gasteiger partial charge in [0.15, 0.2) is 11.5 Å². The van der Waals surface area contributed by atoms with E-state index in [-0.39, 0.29) is 6.04 Å². The molecular formula is C19H18N4. The fraction of sp³-hybridized carbons (Fsp3) is 0.158. The monoisotopic (exact) mass is 302 g/mol. The third kappa shape index (κ3) is 2.58. The van der Waals surface area contributed by atoms with E-state index in [2.05, 4.69) is 64.9 Å². The van der Waals surface area contributed by atoms with Crippen molar-refractivity contribution in [1.29, 1.82) is 0 Å².